The molecule has 2 amide bonds. The van der Waals surface area contributed by atoms with Gasteiger partial charge in [0.25, 0.3) is 11.8 Å². The molecule has 1 aliphatic rings. The first-order chi connectivity index (χ1) is 9.06. The fourth-order valence-electron chi connectivity index (χ4n) is 1.53. The van der Waals surface area contributed by atoms with Crippen molar-refractivity contribution < 1.29 is 28.3 Å². The van der Waals surface area contributed by atoms with Gasteiger partial charge < -0.3 is 4.74 Å². The Morgan fingerprint density at radius 2 is 1.95 bits per heavy atom. The molecule has 1 aromatic carbocycles. The predicted molar refractivity (Wildman–Crippen MR) is 58.8 cm³/mol. The van der Waals surface area contributed by atoms with Crippen LogP contribution in [-0.2, 0) is 25.8 Å². The van der Waals surface area contributed by atoms with Gasteiger partial charge in [0.15, 0.2) is 0 Å². The molecule has 0 saturated carbocycles. The van der Waals surface area contributed by atoms with E-state index < -0.39 is 23.8 Å². The normalized spacial score (nSPS) is 14.7. The van der Waals surface area contributed by atoms with Crippen LogP contribution in [0.15, 0.2) is 24.3 Å². The summed E-state index contributed by atoms with van der Waals surface area (Å²) in [4.78, 5) is 38.1. The van der Waals surface area contributed by atoms with Crippen molar-refractivity contribution in [3.8, 4) is 0 Å². The van der Waals surface area contributed by atoms with Crippen LogP contribution < -0.4 is 0 Å². The summed E-state index contributed by atoms with van der Waals surface area (Å²) in [6.07, 6.45) is -1.17. The highest BCUT2D eigenvalue weighted by Gasteiger charge is 2.33. The van der Waals surface area contributed by atoms with E-state index in [1.165, 1.54) is 18.2 Å². The molecule has 6 nitrogen and oxygen atoms in total. The van der Waals surface area contributed by atoms with Gasteiger partial charge in [0.05, 0.1) is 0 Å². The number of amides is 2. The Morgan fingerprint density at radius 1 is 1.26 bits per heavy atom. The molecule has 1 aromatic rings. The van der Waals surface area contributed by atoms with Gasteiger partial charge in [-0.1, -0.05) is 17.2 Å². The van der Waals surface area contributed by atoms with E-state index >= 15 is 0 Å². The number of hydroxylamine groups is 2. The van der Waals surface area contributed by atoms with Gasteiger partial charge in [0.2, 0.25) is 0 Å². The lowest BCUT2D eigenvalue weighted by atomic mass is 10.2. The van der Waals surface area contributed by atoms with Gasteiger partial charge in [-0.2, -0.15) is 0 Å². The molecule has 1 heterocycles. The first-order valence-corrected chi connectivity index (χ1v) is 5.51. The Bertz CT molecular complexity index is 515. The molecule has 1 saturated heterocycles. The molecule has 0 aromatic heterocycles. The smallest absolute Gasteiger partial charge is 0.428 e. The lowest BCUT2D eigenvalue weighted by Gasteiger charge is -2.12. The summed E-state index contributed by atoms with van der Waals surface area (Å²) < 4.78 is 17.5. The lowest BCUT2D eigenvalue weighted by molar-refractivity contribution is -0.177. The number of ether oxygens (including phenoxy) is 1. The van der Waals surface area contributed by atoms with Crippen molar-refractivity contribution in [3.63, 3.8) is 0 Å². The fraction of sp³-hybridized carbons (Fsp3) is 0.250. The number of hydrogen-bond donors (Lipinski definition) is 0. The van der Waals surface area contributed by atoms with E-state index in [-0.39, 0.29) is 19.4 Å². The SMILES string of the molecule is O=C(OCc1cccc(F)c1)ON1C(=O)CCC1=O. The number of imide groups is 1. The maximum Gasteiger partial charge on any atom is 0.534 e. The van der Waals surface area contributed by atoms with E-state index in [9.17, 15) is 18.8 Å². The third kappa shape index (κ3) is 3.27. The van der Waals surface area contributed by atoms with Gasteiger partial charge in [-0.15, -0.1) is 0 Å². The van der Waals surface area contributed by atoms with Crippen molar-refractivity contribution in [2.75, 3.05) is 0 Å². The van der Waals surface area contributed by atoms with Crippen LogP contribution in [0, 0.1) is 5.82 Å². The van der Waals surface area contributed by atoms with Gasteiger partial charge in [0, 0.05) is 12.8 Å². The zero-order valence-corrected chi connectivity index (χ0v) is 9.80. The van der Waals surface area contributed by atoms with E-state index in [0.29, 0.717) is 10.6 Å². The van der Waals surface area contributed by atoms with E-state index in [0.717, 1.165) is 0 Å². The number of nitrogens with zero attached hydrogens (tertiary/aromatic N) is 1. The summed E-state index contributed by atoms with van der Waals surface area (Å²) in [6, 6.07) is 5.47. The van der Waals surface area contributed by atoms with E-state index in [4.69, 9.17) is 0 Å². The minimum atomic E-state index is -1.19. The number of halogens is 1. The quantitative estimate of drug-likeness (QED) is 0.613. The van der Waals surface area contributed by atoms with Crippen molar-refractivity contribution in [2.45, 2.75) is 19.4 Å². The largest absolute Gasteiger partial charge is 0.534 e. The molecular weight excluding hydrogens is 257 g/mol. The van der Waals surface area contributed by atoms with Crippen molar-refractivity contribution in [1.82, 2.24) is 5.06 Å². The van der Waals surface area contributed by atoms with Crippen LogP contribution in [0.4, 0.5) is 9.18 Å². The molecule has 100 valence electrons. The molecule has 0 radical (unpaired) electrons. The highest BCUT2D eigenvalue weighted by Crippen LogP contribution is 2.13. The van der Waals surface area contributed by atoms with Crippen LogP contribution in [0.5, 0.6) is 0 Å². The molecule has 0 N–H and O–H groups in total. The summed E-state index contributed by atoms with van der Waals surface area (Å²) in [5.74, 6) is -1.64. The monoisotopic (exact) mass is 267 g/mol. The van der Waals surface area contributed by atoms with Crippen LogP contribution in [-0.4, -0.2) is 23.0 Å². The molecule has 19 heavy (non-hydrogen) atoms. The second-order valence-electron chi connectivity index (χ2n) is 3.84. The number of hydrogen-bond acceptors (Lipinski definition) is 5. The van der Waals surface area contributed by atoms with E-state index in [1.807, 2.05) is 0 Å². The number of carbonyl (C=O) groups excluding carboxylic acids is 3. The molecule has 0 unspecified atom stereocenters. The Hall–Kier alpha value is -2.44. The minimum absolute atomic E-state index is 0.00993. The third-order valence-corrected chi connectivity index (χ3v) is 2.42. The first-order valence-electron chi connectivity index (χ1n) is 5.51. The Kier molecular flexibility index (Phi) is 3.74. The maximum atomic E-state index is 12.9. The van der Waals surface area contributed by atoms with Crippen LogP contribution >= 0.6 is 0 Å². The lowest BCUT2D eigenvalue weighted by Crippen LogP contribution is -2.32. The second-order valence-corrected chi connectivity index (χ2v) is 3.84. The molecule has 1 aliphatic heterocycles. The fourth-order valence-corrected chi connectivity index (χ4v) is 1.53. The van der Waals surface area contributed by atoms with Crippen molar-refractivity contribution >= 4 is 18.0 Å². The number of benzene rings is 1. The molecule has 1 fully saturated rings. The Morgan fingerprint density at radius 3 is 2.58 bits per heavy atom. The second kappa shape index (κ2) is 5.47. The van der Waals surface area contributed by atoms with E-state index in [2.05, 4.69) is 9.57 Å². The van der Waals surface area contributed by atoms with Gasteiger partial charge >= 0.3 is 6.16 Å². The van der Waals surface area contributed by atoms with Crippen LogP contribution in [0.1, 0.15) is 18.4 Å². The Labute approximate surface area is 107 Å². The molecule has 0 aliphatic carbocycles. The molecule has 0 bridgehead atoms. The van der Waals surface area contributed by atoms with E-state index in [1.54, 1.807) is 6.07 Å². The summed E-state index contributed by atoms with van der Waals surface area (Å²) in [5, 5.41) is 0.383. The highest BCUT2D eigenvalue weighted by atomic mass is 19.1. The number of carbonyl (C=O) groups is 3. The van der Waals surface area contributed by atoms with Gasteiger partial charge in [-0.3, -0.25) is 14.4 Å². The zero-order valence-electron chi connectivity index (χ0n) is 9.80. The average Bonchev–Trinajstić information content (AvgIpc) is 2.68. The standard InChI is InChI=1S/C12H10FNO5/c13-9-3-1-2-8(6-9)7-18-12(17)19-14-10(15)4-5-11(14)16/h1-3,6H,4-5,7H2. The molecule has 7 heteroatoms. The zero-order chi connectivity index (χ0) is 13.8. The number of rotatable bonds is 3. The van der Waals surface area contributed by atoms with Crippen molar-refractivity contribution in [3.05, 3.63) is 35.6 Å². The summed E-state index contributed by atoms with van der Waals surface area (Å²) in [7, 11) is 0. The summed E-state index contributed by atoms with van der Waals surface area (Å²) in [5.41, 5.74) is 0.427. The van der Waals surface area contributed by atoms with Crippen LogP contribution in [0.2, 0.25) is 0 Å². The highest BCUT2D eigenvalue weighted by molar-refractivity contribution is 6.01. The minimum Gasteiger partial charge on any atom is -0.428 e. The van der Waals surface area contributed by atoms with Crippen molar-refractivity contribution in [1.29, 1.82) is 0 Å². The Balaban J connectivity index is 1.85. The maximum absolute atomic E-state index is 12.9. The van der Waals surface area contributed by atoms with Gasteiger partial charge in [-0.25, -0.2) is 9.18 Å². The molecule has 0 atom stereocenters. The topological polar surface area (TPSA) is 72.9 Å². The molecule has 2 rings (SSSR count). The van der Waals surface area contributed by atoms with Crippen LogP contribution in [0.3, 0.4) is 0 Å². The summed E-state index contributed by atoms with van der Waals surface area (Å²) >= 11 is 0. The average molecular weight is 267 g/mol. The van der Waals surface area contributed by atoms with Crippen LogP contribution in [0.25, 0.3) is 0 Å². The third-order valence-electron chi connectivity index (χ3n) is 2.42. The van der Waals surface area contributed by atoms with Gasteiger partial charge in [-0.05, 0) is 17.7 Å². The molecular formula is C12H10FNO5. The summed E-state index contributed by atoms with van der Waals surface area (Å²) in [6.45, 7) is -0.215. The van der Waals surface area contributed by atoms with Crippen molar-refractivity contribution in [2.24, 2.45) is 0 Å². The van der Waals surface area contributed by atoms with Gasteiger partial charge in [0.1, 0.15) is 12.4 Å². The predicted octanol–water partition coefficient (Wildman–Crippen LogP) is 1.54. The first kappa shape index (κ1) is 13.0. The molecule has 0 spiro atoms.